The molecular weight excluding hydrogens is 274 g/mol. The number of hydrogen-bond acceptors (Lipinski definition) is 4. The SMILES string of the molecule is Clc1ccc(N2CCN(/N=C/c3ccco3)CC2)cc1. The average Bonchev–Trinajstić information content (AvgIpc) is 3.00. The summed E-state index contributed by atoms with van der Waals surface area (Å²) in [5.74, 6) is 0.783. The molecule has 1 saturated heterocycles. The van der Waals surface area contributed by atoms with E-state index in [9.17, 15) is 0 Å². The van der Waals surface area contributed by atoms with Crippen LogP contribution in [0.2, 0.25) is 5.02 Å². The van der Waals surface area contributed by atoms with Gasteiger partial charge < -0.3 is 9.32 Å². The van der Waals surface area contributed by atoms with Gasteiger partial charge in [0.2, 0.25) is 0 Å². The van der Waals surface area contributed by atoms with Crippen molar-refractivity contribution in [1.82, 2.24) is 5.01 Å². The Kier molecular flexibility index (Phi) is 3.92. The fraction of sp³-hybridized carbons (Fsp3) is 0.267. The van der Waals surface area contributed by atoms with E-state index in [1.165, 1.54) is 5.69 Å². The van der Waals surface area contributed by atoms with Gasteiger partial charge >= 0.3 is 0 Å². The highest BCUT2D eigenvalue weighted by Crippen LogP contribution is 2.19. The number of furan rings is 1. The Bertz CT molecular complexity index is 557. The molecule has 0 aliphatic carbocycles. The molecule has 5 heteroatoms. The van der Waals surface area contributed by atoms with Crippen LogP contribution in [0.1, 0.15) is 5.76 Å². The van der Waals surface area contributed by atoms with Crippen LogP contribution >= 0.6 is 11.6 Å². The molecule has 20 heavy (non-hydrogen) atoms. The summed E-state index contributed by atoms with van der Waals surface area (Å²) in [6.07, 6.45) is 3.41. The molecule has 104 valence electrons. The maximum absolute atomic E-state index is 5.91. The van der Waals surface area contributed by atoms with Gasteiger partial charge in [0.15, 0.2) is 0 Å². The van der Waals surface area contributed by atoms with E-state index in [2.05, 4.69) is 27.1 Å². The van der Waals surface area contributed by atoms with Gasteiger partial charge in [0.1, 0.15) is 5.76 Å². The highest BCUT2D eigenvalue weighted by atomic mass is 35.5. The number of piperazine rings is 1. The van der Waals surface area contributed by atoms with Gasteiger partial charge in [-0.1, -0.05) is 11.6 Å². The molecule has 0 amide bonds. The first-order valence-corrected chi connectivity index (χ1v) is 7.02. The van der Waals surface area contributed by atoms with E-state index in [4.69, 9.17) is 16.0 Å². The number of halogens is 1. The van der Waals surface area contributed by atoms with E-state index >= 15 is 0 Å². The first-order valence-electron chi connectivity index (χ1n) is 6.64. The van der Waals surface area contributed by atoms with Crippen LogP contribution in [0.3, 0.4) is 0 Å². The van der Waals surface area contributed by atoms with Crippen molar-refractivity contribution in [3.8, 4) is 0 Å². The molecule has 1 aliphatic rings. The largest absolute Gasteiger partial charge is 0.463 e. The van der Waals surface area contributed by atoms with Crippen molar-refractivity contribution >= 4 is 23.5 Å². The molecule has 2 heterocycles. The third kappa shape index (κ3) is 3.14. The Morgan fingerprint density at radius 3 is 2.45 bits per heavy atom. The van der Waals surface area contributed by atoms with E-state index < -0.39 is 0 Å². The van der Waals surface area contributed by atoms with Crippen LogP contribution in [-0.2, 0) is 0 Å². The van der Waals surface area contributed by atoms with E-state index in [1.54, 1.807) is 12.5 Å². The lowest BCUT2D eigenvalue weighted by molar-refractivity contribution is 0.271. The van der Waals surface area contributed by atoms with Crippen LogP contribution in [0.4, 0.5) is 5.69 Å². The summed E-state index contributed by atoms with van der Waals surface area (Å²) in [5.41, 5.74) is 1.21. The molecule has 3 rings (SSSR count). The minimum absolute atomic E-state index is 0.774. The molecule has 2 aromatic rings. The van der Waals surface area contributed by atoms with E-state index in [0.29, 0.717) is 0 Å². The minimum Gasteiger partial charge on any atom is -0.463 e. The highest BCUT2D eigenvalue weighted by Gasteiger charge is 2.15. The molecule has 0 unspecified atom stereocenters. The summed E-state index contributed by atoms with van der Waals surface area (Å²) in [4.78, 5) is 2.34. The average molecular weight is 290 g/mol. The van der Waals surface area contributed by atoms with Gasteiger partial charge in [-0.15, -0.1) is 0 Å². The van der Waals surface area contributed by atoms with Crippen molar-refractivity contribution in [2.45, 2.75) is 0 Å². The molecule has 1 aromatic carbocycles. The standard InChI is InChI=1S/C15H16ClN3O/c16-13-3-5-14(6-4-13)18-7-9-19(10-8-18)17-12-15-2-1-11-20-15/h1-6,11-12H,7-10H2/b17-12+. The third-order valence-corrected chi connectivity index (χ3v) is 3.59. The summed E-state index contributed by atoms with van der Waals surface area (Å²) in [6.45, 7) is 3.72. The highest BCUT2D eigenvalue weighted by molar-refractivity contribution is 6.30. The first kappa shape index (κ1) is 13.1. The van der Waals surface area contributed by atoms with E-state index in [0.717, 1.165) is 37.0 Å². The fourth-order valence-corrected chi connectivity index (χ4v) is 2.35. The van der Waals surface area contributed by atoms with Crippen molar-refractivity contribution in [2.75, 3.05) is 31.1 Å². The molecule has 0 radical (unpaired) electrons. The fourth-order valence-electron chi connectivity index (χ4n) is 2.22. The number of hydrazone groups is 1. The maximum atomic E-state index is 5.91. The maximum Gasteiger partial charge on any atom is 0.146 e. The number of nitrogens with zero attached hydrogens (tertiary/aromatic N) is 3. The predicted octanol–water partition coefficient (Wildman–Crippen LogP) is 3.09. The second-order valence-electron chi connectivity index (χ2n) is 4.68. The Morgan fingerprint density at radius 1 is 1.05 bits per heavy atom. The Hall–Kier alpha value is -1.94. The molecule has 1 aliphatic heterocycles. The second kappa shape index (κ2) is 6.01. The Balaban J connectivity index is 1.55. The topological polar surface area (TPSA) is 32.0 Å². The van der Waals surface area contributed by atoms with Crippen LogP contribution in [-0.4, -0.2) is 37.4 Å². The monoisotopic (exact) mass is 289 g/mol. The Labute approximate surface area is 123 Å². The lowest BCUT2D eigenvalue weighted by atomic mass is 10.2. The summed E-state index contributed by atoms with van der Waals surface area (Å²) in [7, 11) is 0. The molecule has 0 atom stereocenters. The zero-order valence-electron chi connectivity index (χ0n) is 11.1. The van der Waals surface area contributed by atoms with Gasteiger partial charge in [0.05, 0.1) is 25.6 Å². The molecule has 0 saturated carbocycles. The normalized spacial score (nSPS) is 16.1. The lowest BCUT2D eigenvalue weighted by Crippen LogP contribution is -2.44. The van der Waals surface area contributed by atoms with Gasteiger partial charge in [-0.2, -0.15) is 5.10 Å². The van der Waals surface area contributed by atoms with Crippen LogP contribution in [0, 0.1) is 0 Å². The van der Waals surface area contributed by atoms with E-state index in [-0.39, 0.29) is 0 Å². The van der Waals surface area contributed by atoms with Crippen molar-refractivity contribution in [1.29, 1.82) is 0 Å². The Morgan fingerprint density at radius 2 is 1.80 bits per heavy atom. The molecule has 0 spiro atoms. The van der Waals surface area contributed by atoms with Crippen LogP contribution in [0.25, 0.3) is 0 Å². The van der Waals surface area contributed by atoms with Gasteiger partial charge in [-0.25, -0.2) is 0 Å². The summed E-state index contributed by atoms with van der Waals surface area (Å²) in [6, 6.07) is 11.7. The van der Waals surface area contributed by atoms with Crippen molar-refractivity contribution in [2.24, 2.45) is 5.10 Å². The molecule has 4 nitrogen and oxygen atoms in total. The van der Waals surface area contributed by atoms with Gasteiger partial charge in [0.25, 0.3) is 0 Å². The van der Waals surface area contributed by atoms with Gasteiger partial charge in [-0.3, -0.25) is 5.01 Å². The molecule has 0 N–H and O–H groups in total. The summed E-state index contributed by atoms with van der Waals surface area (Å²) in [5, 5.41) is 7.27. The summed E-state index contributed by atoms with van der Waals surface area (Å²) < 4.78 is 5.23. The zero-order valence-corrected chi connectivity index (χ0v) is 11.8. The van der Waals surface area contributed by atoms with Gasteiger partial charge in [0, 0.05) is 23.8 Å². The van der Waals surface area contributed by atoms with Crippen molar-refractivity contribution in [3.63, 3.8) is 0 Å². The van der Waals surface area contributed by atoms with E-state index in [1.807, 2.05) is 24.3 Å². The number of benzene rings is 1. The lowest BCUT2D eigenvalue weighted by Gasteiger charge is -2.34. The van der Waals surface area contributed by atoms with Crippen molar-refractivity contribution < 1.29 is 4.42 Å². The van der Waals surface area contributed by atoms with Crippen LogP contribution in [0.15, 0.2) is 52.2 Å². The second-order valence-corrected chi connectivity index (χ2v) is 5.11. The molecule has 0 bridgehead atoms. The number of rotatable bonds is 3. The first-order chi connectivity index (χ1) is 9.81. The molecule has 1 fully saturated rings. The zero-order chi connectivity index (χ0) is 13.8. The minimum atomic E-state index is 0.774. The molecule has 1 aromatic heterocycles. The summed E-state index contributed by atoms with van der Waals surface area (Å²) >= 11 is 5.91. The quantitative estimate of drug-likeness (QED) is 0.814. The third-order valence-electron chi connectivity index (χ3n) is 3.34. The predicted molar refractivity (Wildman–Crippen MR) is 81.5 cm³/mol. The number of hydrogen-bond donors (Lipinski definition) is 0. The van der Waals surface area contributed by atoms with Gasteiger partial charge in [-0.05, 0) is 36.4 Å². The molecular formula is C15H16ClN3O. The van der Waals surface area contributed by atoms with Crippen LogP contribution < -0.4 is 4.90 Å². The number of anilines is 1. The van der Waals surface area contributed by atoms with Crippen molar-refractivity contribution in [3.05, 3.63) is 53.4 Å². The van der Waals surface area contributed by atoms with Crippen LogP contribution in [0.5, 0.6) is 0 Å². The smallest absolute Gasteiger partial charge is 0.146 e.